The first-order chi connectivity index (χ1) is 5.54. The molecule has 0 aliphatic heterocycles. The third kappa shape index (κ3) is 3.54. The van der Waals surface area contributed by atoms with Crippen LogP contribution in [0.5, 0.6) is 0 Å². The topological polar surface area (TPSA) is 43.1 Å². The fourth-order valence-electron chi connectivity index (χ4n) is 1.13. The van der Waals surface area contributed by atoms with E-state index in [1.165, 1.54) is 0 Å². The standard InChI is InChI=1S/C10H17NO/c1-4-6-7-9(12)10(3,11)8-5-2/h1H,5-8,11H2,2-3H3. The molecule has 0 aromatic heterocycles. The lowest BCUT2D eigenvalue weighted by Gasteiger charge is -2.21. The second-order valence-corrected chi connectivity index (χ2v) is 3.29. The summed E-state index contributed by atoms with van der Waals surface area (Å²) in [5, 5.41) is 0. The Morgan fingerprint density at radius 3 is 2.67 bits per heavy atom. The minimum absolute atomic E-state index is 0.0716. The molecule has 0 aliphatic carbocycles. The van der Waals surface area contributed by atoms with Gasteiger partial charge in [0.2, 0.25) is 0 Å². The van der Waals surface area contributed by atoms with E-state index in [1.54, 1.807) is 6.92 Å². The van der Waals surface area contributed by atoms with Crippen molar-refractivity contribution in [1.82, 2.24) is 0 Å². The maximum Gasteiger partial charge on any atom is 0.153 e. The summed E-state index contributed by atoms with van der Waals surface area (Å²) < 4.78 is 0. The molecule has 0 aromatic carbocycles. The first-order valence-corrected chi connectivity index (χ1v) is 4.30. The summed E-state index contributed by atoms with van der Waals surface area (Å²) >= 11 is 0. The van der Waals surface area contributed by atoms with Crippen molar-refractivity contribution in [2.24, 2.45) is 5.73 Å². The van der Waals surface area contributed by atoms with Crippen molar-refractivity contribution in [2.75, 3.05) is 0 Å². The van der Waals surface area contributed by atoms with E-state index in [0.717, 1.165) is 12.8 Å². The summed E-state index contributed by atoms with van der Waals surface area (Å²) in [5.41, 5.74) is 5.12. The van der Waals surface area contributed by atoms with Gasteiger partial charge in [-0.25, -0.2) is 0 Å². The van der Waals surface area contributed by atoms with E-state index in [1.807, 2.05) is 6.92 Å². The second-order valence-electron chi connectivity index (χ2n) is 3.29. The molecule has 12 heavy (non-hydrogen) atoms. The molecule has 0 rings (SSSR count). The molecule has 2 nitrogen and oxygen atoms in total. The first-order valence-electron chi connectivity index (χ1n) is 4.30. The molecule has 0 saturated carbocycles. The van der Waals surface area contributed by atoms with Crippen LogP contribution in [0.3, 0.4) is 0 Å². The van der Waals surface area contributed by atoms with Crippen LogP contribution in [-0.2, 0) is 4.79 Å². The van der Waals surface area contributed by atoms with Crippen molar-refractivity contribution in [3.8, 4) is 12.3 Å². The minimum Gasteiger partial charge on any atom is -0.319 e. The highest BCUT2D eigenvalue weighted by Gasteiger charge is 2.25. The zero-order valence-corrected chi connectivity index (χ0v) is 7.89. The number of hydrogen-bond donors (Lipinski definition) is 1. The van der Waals surface area contributed by atoms with E-state index in [0.29, 0.717) is 12.8 Å². The molecule has 1 atom stereocenters. The van der Waals surface area contributed by atoms with Crippen LogP contribution in [0.1, 0.15) is 39.5 Å². The van der Waals surface area contributed by atoms with E-state index in [9.17, 15) is 4.79 Å². The summed E-state index contributed by atoms with van der Waals surface area (Å²) in [5.74, 6) is 2.51. The Bertz CT molecular complexity index is 189. The lowest BCUT2D eigenvalue weighted by atomic mass is 9.90. The van der Waals surface area contributed by atoms with E-state index in [-0.39, 0.29) is 5.78 Å². The number of nitrogens with two attached hydrogens (primary N) is 1. The SMILES string of the molecule is C#CCCC(=O)C(C)(N)CCC. The molecular weight excluding hydrogens is 150 g/mol. The van der Waals surface area contributed by atoms with Crippen LogP contribution in [0.25, 0.3) is 0 Å². The van der Waals surface area contributed by atoms with Crippen LogP contribution < -0.4 is 5.73 Å². The number of rotatable bonds is 5. The number of Topliss-reactive ketones (excluding diaryl/α,β-unsaturated/α-hetero) is 1. The number of hydrogen-bond acceptors (Lipinski definition) is 2. The lowest BCUT2D eigenvalue weighted by Crippen LogP contribution is -2.44. The predicted octanol–water partition coefficient (Wildman–Crippen LogP) is 1.49. The van der Waals surface area contributed by atoms with Gasteiger partial charge in [-0.05, 0) is 13.3 Å². The number of carbonyl (C=O) groups excluding carboxylic acids is 1. The molecule has 2 heteroatoms. The molecule has 68 valence electrons. The van der Waals surface area contributed by atoms with E-state index < -0.39 is 5.54 Å². The van der Waals surface area contributed by atoms with Crippen LogP contribution >= 0.6 is 0 Å². The lowest BCUT2D eigenvalue weighted by molar-refractivity contribution is -0.123. The van der Waals surface area contributed by atoms with Gasteiger partial charge in [0.25, 0.3) is 0 Å². The average Bonchev–Trinajstić information content (AvgIpc) is 2.00. The van der Waals surface area contributed by atoms with Gasteiger partial charge in [-0.15, -0.1) is 12.3 Å². The molecular formula is C10H17NO. The van der Waals surface area contributed by atoms with Crippen LogP contribution in [0, 0.1) is 12.3 Å². The highest BCUT2D eigenvalue weighted by molar-refractivity contribution is 5.87. The molecule has 0 fully saturated rings. The number of carbonyl (C=O) groups is 1. The van der Waals surface area contributed by atoms with Gasteiger partial charge in [0.1, 0.15) is 0 Å². The van der Waals surface area contributed by atoms with Crippen molar-refractivity contribution in [1.29, 1.82) is 0 Å². The predicted molar refractivity (Wildman–Crippen MR) is 50.6 cm³/mol. The highest BCUT2D eigenvalue weighted by Crippen LogP contribution is 2.12. The zero-order valence-electron chi connectivity index (χ0n) is 7.89. The quantitative estimate of drug-likeness (QED) is 0.630. The molecule has 0 radical (unpaired) electrons. The summed E-state index contributed by atoms with van der Waals surface area (Å²) in [6, 6.07) is 0. The molecule has 0 saturated heterocycles. The smallest absolute Gasteiger partial charge is 0.153 e. The van der Waals surface area contributed by atoms with Gasteiger partial charge in [-0.1, -0.05) is 13.3 Å². The van der Waals surface area contributed by atoms with Gasteiger partial charge in [0.15, 0.2) is 5.78 Å². The Morgan fingerprint density at radius 2 is 2.25 bits per heavy atom. The molecule has 1 unspecified atom stereocenters. The van der Waals surface area contributed by atoms with Gasteiger partial charge >= 0.3 is 0 Å². The Morgan fingerprint density at radius 1 is 1.67 bits per heavy atom. The van der Waals surface area contributed by atoms with Gasteiger partial charge < -0.3 is 5.73 Å². The third-order valence-corrected chi connectivity index (χ3v) is 1.90. The molecule has 0 amide bonds. The summed E-state index contributed by atoms with van der Waals surface area (Å²) in [4.78, 5) is 11.4. The highest BCUT2D eigenvalue weighted by atomic mass is 16.1. The minimum atomic E-state index is -0.675. The van der Waals surface area contributed by atoms with Crippen LogP contribution in [-0.4, -0.2) is 11.3 Å². The number of terminal acetylenes is 1. The second kappa shape index (κ2) is 4.95. The van der Waals surface area contributed by atoms with Crippen LogP contribution in [0.15, 0.2) is 0 Å². The third-order valence-electron chi connectivity index (χ3n) is 1.90. The van der Waals surface area contributed by atoms with E-state index in [4.69, 9.17) is 12.2 Å². The van der Waals surface area contributed by atoms with E-state index in [2.05, 4.69) is 5.92 Å². The Labute approximate surface area is 74.5 Å². The maximum atomic E-state index is 11.4. The molecule has 2 N–H and O–H groups in total. The number of ketones is 1. The first kappa shape index (κ1) is 11.2. The van der Waals surface area contributed by atoms with E-state index >= 15 is 0 Å². The monoisotopic (exact) mass is 167 g/mol. The Hall–Kier alpha value is -0.810. The fraction of sp³-hybridized carbons (Fsp3) is 0.700. The Balaban J connectivity index is 3.99. The zero-order chi connectivity index (χ0) is 9.61. The molecule has 0 spiro atoms. The van der Waals surface area contributed by atoms with Crippen molar-refractivity contribution in [2.45, 2.75) is 45.1 Å². The molecule has 0 heterocycles. The van der Waals surface area contributed by atoms with Gasteiger partial charge in [0, 0.05) is 12.8 Å². The average molecular weight is 167 g/mol. The summed E-state index contributed by atoms with van der Waals surface area (Å²) in [6.45, 7) is 3.79. The van der Waals surface area contributed by atoms with Crippen molar-refractivity contribution in [3.05, 3.63) is 0 Å². The fourth-order valence-corrected chi connectivity index (χ4v) is 1.13. The molecule has 0 aromatic rings. The molecule has 0 aliphatic rings. The molecule has 0 bridgehead atoms. The maximum absolute atomic E-state index is 11.4. The largest absolute Gasteiger partial charge is 0.319 e. The van der Waals surface area contributed by atoms with Crippen molar-refractivity contribution >= 4 is 5.78 Å². The van der Waals surface area contributed by atoms with Crippen LogP contribution in [0.4, 0.5) is 0 Å². The van der Waals surface area contributed by atoms with Crippen molar-refractivity contribution < 1.29 is 4.79 Å². The summed E-state index contributed by atoms with van der Waals surface area (Å²) in [7, 11) is 0. The summed E-state index contributed by atoms with van der Waals surface area (Å²) in [6.07, 6.45) is 7.61. The van der Waals surface area contributed by atoms with Gasteiger partial charge in [0.05, 0.1) is 5.54 Å². The Kier molecular flexibility index (Phi) is 4.61. The van der Waals surface area contributed by atoms with Crippen LogP contribution in [0.2, 0.25) is 0 Å². The van der Waals surface area contributed by atoms with Gasteiger partial charge in [-0.2, -0.15) is 0 Å². The van der Waals surface area contributed by atoms with Crippen molar-refractivity contribution in [3.63, 3.8) is 0 Å². The normalized spacial score (nSPS) is 14.8. The van der Waals surface area contributed by atoms with Gasteiger partial charge in [-0.3, -0.25) is 4.79 Å².